The third-order valence-electron chi connectivity index (χ3n) is 1.79. The molecule has 0 aromatic heterocycles. The Morgan fingerprint density at radius 3 is 2.57 bits per heavy atom. The molecule has 0 atom stereocenters. The summed E-state index contributed by atoms with van der Waals surface area (Å²) in [4.78, 5) is 12.1. The van der Waals surface area contributed by atoms with Gasteiger partial charge in [0.1, 0.15) is 0 Å². The molecule has 1 amide bonds. The van der Waals surface area contributed by atoms with Gasteiger partial charge in [0, 0.05) is 11.4 Å². The molecule has 0 spiro atoms. The Balaban J connectivity index is 2.47. The van der Waals surface area contributed by atoms with Crippen LogP contribution in [0, 0.1) is 0 Å². The third kappa shape index (κ3) is 3.64. The van der Waals surface area contributed by atoms with Crippen molar-refractivity contribution in [1.29, 1.82) is 0 Å². The molecule has 0 aliphatic carbocycles. The molecule has 0 bridgehead atoms. The van der Waals surface area contributed by atoms with Gasteiger partial charge in [-0.25, -0.2) is 0 Å². The van der Waals surface area contributed by atoms with E-state index in [0.717, 1.165) is 5.56 Å². The number of amides is 1. The van der Waals surface area contributed by atoms with Gasteiger partial charge >= 0.3 is 0 Å². The molecule has 76 valence electrons. The van der Waals surface area contributed by atoms with Crippen LogP contribution in [-0.2, 0) is 11.3 Å². The van der Waals surface area contributed by atoms with Crippen molar-refractivity contribution in [3.8, 4) is 0 Å². The highest BCUT2D eigenvalue weighted by atomic mass is 32.2. The van der Waals surface area contributed by atoms with Crippen molar-refractivity contribution in [2.75, 3.05) is 12.0 Å². The summed E-state index contributed by atoms with van der Waals surface area (Å²) in [6.07, 6.45) is 2.04. The first-order valence-electron chi connectivity index (χ1n) is 4.26. The van der Waals surface area contributed by atoms with Crippen LogP contribution < -0.4 is 5.32 Å². The van der Waals surface area contributed by atoms with E-state index >= 15 is 0 Å². The number of rotatable bonds is 4. The monoisotopic (exact) mass is 227 g/mol. The van der Waals surface area contributed by atoms with Crippen molar-refractivity contribution in [1.82, 2.24) is 5.32 Å². The zero-order valence-electron chi connectivity index (χ0n) is 7.99. The summed E-state index contributed by atoms with van der Waals surface area (Å²) in [5.74, 6) is 0.199. The number of benzene rings is 1. The minimum atomic E-state index is -0.0396. The largest absolute Gasteiger partial charge is 0.351 e. The molecular formula is C10H13NOS2. The van der Waals surface area contributed by atoms with Crippen LogP contribution in [-0.4, -0.2) is 17.9 Å². The first-order chi connectivity index (χ1) is 6.76. The average Bonchev–Trinajstić information content (AvgIpc) is 2.26. The molecule has 4 heteroatoms. The van der Waals surface area contributed by atoms with Crippen molar-refractivity contribution in [2.24, 2.45) is 0 Å². The van der Waals surface area contributed by atoms with Crippen LogP contribution in [0.3, 0.4) is 0 Å². The lowest BCUT2D eigenvalue weighted by Crippen LogP contribution is -2.23. The first-order valence-corrected chi connectivity index (χ1v) is 6.12. The summed E-state index contributed by atoms with van der Waals surface area (Å²) in [6.45, 7) is 0.577. The van der Waals surface area contributed by atoms with E-state index in [0.29, 0.717) is 6.54 Å². The summed E-state index contributed by atoms with van der Waals surface area (Å²) >= 11 is 5.58. The molecule has 0 fully saturated rings. The van der Waals surface area contributed by atoms with Gasteiger partial charge in [-0.1, -0.05) is 12.1 Å². The Labute approximate surface area is 93.9 Å². The zero-order valence-corrected chi connectivity index (χ0v) is 9.70. The van der Waals surface area contributed by atoms with E-state index in [2.05, 4.69) is 17.9 Å². The third-order valence-corrected chi connectivity index (χ3v) is 2.82. The topological polar surface area (TPSA) is 29.1 Å². The van der Waals surface area contributed by atoms with Gasteiger partial charge in [-0.3, -0.25) is 4.79 Å². The number of hydrogen-bond acceptors (Lipinski definition) is 3. The molecule has 0 radical (unpaired) electrons. The second kappa shape index (κ2) is 5.98. The van der Waals surface area contributed by atoms with Crippen LogP contribution in [0.5, 0.6) is 0 Å². The molecule has 1 N–H and O–H groups in total. The average molecular weight is 227 g/mol. The molecule has 1 rings (SSSR count). The molecule has 14 heavy (non-hydrogen) atoms. The van der Waals surface area contributed by atoms with E-state index in [1.165, 1.54) is 4.90 Å². The number of thioether (sulfide) groups is 1. The number of carbonyl (C=O) groups excluding carboxylic acids is 1. The lowest BCUT2D eigenvalue weighted by Gasteiger charge is -2.03. The van der Waals surface area contributed by atoms with Gasteiger partial charge in [0.15, 0.2) is 0 Å². The van der Waals surface area contributed by atoms with Crippen molar-refractivity contribution >= 4 is 30.3 Å². The fourth-order valence-corrected chi connectivity index (χ4v) is 1.52. The fraction of sp³-hybridized carbons (Fsp3) is 0.300. The van der Waals surface area contributed by atoms with Crippen molar-refractivity contribution in [2.45, 2.75) is 11.4 Å². The lowest BCUT2D eigenvalue weighted by atomic mass is 10.2. The van der Waals surface area contributed by atoms with E-state index in [9.17, 15) is 4.79 Å². The summed E-state index contributed by atoms with van der Waals surface area (Å²) in [5, 5.41) is 2.76. The van der Waals surface area contributed by atoms with Crippen molar-refractivity contribution in [3.63, 3.8) is 0 Å². The highest BCUT2D eigenvalue weighted by molar-refractivity contribution is 7.98. The molecular weight excluding hydrogens is 214 g/mol. The molecule has 1 aromatic carbocycles. The normalized spacial score (nSPS) is 9.86. The van der Waals surface area contributed by atoms with Crippen LogP contribution in [0.15, 0.2) is 29.2 Å². The smallest absolute Gasteiger partial charge is 0.229 e. The highest BCUT2D eigenvalue weighted by Crippen LogP contribution is 2.14. The fourth-order valence-electron chi connectivity index (χ4n) is 1.000. The second-order valence-electron chi connectivity index (χ2n) is 2.78. The van der Waals surface area contributed by atoms with E-state index in [1.54, 1.807) is 11.8 Å². The first kappa shape index (κ1) is 11.5. The summed E-state index contributed by atoms with van der Waals surface area (Å²) in [5.41, 5.74) is 1.11. The van der Waals surface area contributed by atoms with Gasteiger partial charge in [0.2, 0.25) is 5.91 Å². The molecule has 0 unspecified atom stereocenters. The van der Waals surface area contributed by atoms with Crippen LogP contribution in [0.4, 0.5) is 0 Å². The number of thiol groups is 1. The summed E-state index contributed by atoms with van der Waals surface area (Å²) < 4.78 is 0. The SMILES string of the molecule is CSc1ccc(CNC(=O)CS)cc1. The van der Waals surface area contributed by atoms with Gasteiger partial charge in [-0.2, -0.15) is 12.6 Å². The van der Waals surface area contributed by atoms with Gasteiger partial charge in [-0.15, -0.1) is 11.8 Å². The van der Waals surface area contributed by atoms with Crippen LogP contribution in [0.1, 0.15) is 5.56 Å². The van der Waals surface area contributed by atoms with Gasteiger partial charge in [0.05, 0.1) is 5.75 Å². The second-order valence-corrected chi connectivity index (χ2v) is 3.98. The minimum absolute atomic E-state index is 0.0396. The van der Waals surface area contributed by atoms with Gasteiger partial charge in [0.25, 0.3) is 0 Å². The lowest BCUT2D eigenvalue weighted by molar-refractivity contribution is -0.118. The quantitative estimate of drug-likeness (QED) is 0.608. The van der Waals surface area contributed by atoms with Gasteiger partial charge < -0.3 is 5.32 Å². The Kier molecular flexibility index (Phi) is 4.90. The maximum atomic E-state index is 10.9. The predicted octanol–water partition coefficient (Wildman–Crippen LogP) is 1.95. The van der Waals surface area contributed by atoms with E-state index < -0.39 is 0 Å². The molecule has 0 aliphatic rings. The number of carbonyl (C=O) groups is 1. The van der Waals surface area contributed by atoms with Crippen molar-refractivity contribution < 1.29 is 4.79 Å². The standard InChI is InChI=1S/C10H13NOS2/c1-14-9-4-2-8(3-5-9)6-11-10(12)7-13/h2-5,13H,6-7H2,1H3,(H,11,12). The van der Waals surface area contributed by atoms with E-state index in [-0.39, 0.29) is 11.7 Å². The maximum absolute atomic E-state index is 10.9. The summed E-state index contributed by atoms with van der Waals surface area (Å²) in [7, 11) is 0. The maximum Gasteiger partial charge on any atom is 0.229 e. The van der Waals surface area contributed by atoms with Crippen LogP contribution >= 0.6 is 24.4 Å². The number of hydrogen-bond donors (Lipinski definition) is 2. The van der Waals surface area contributed by atoms with E-state index in [4.69, 9.17) is 0 Å². The summed E-state index contributed by atoms with van der Waals surface area (Å²) in [6, 6.07) is 8.13. The Morgan fingerprint density at radius 2 is 2.07 bits per heavy atom. The Morgan fingerprint density at radius 1 is 1.43 bits per heavy atom. The Hall–Kier alpha value is -0.610. The molecule has 2 nitrogen and oxygen atoms in total. The highest BCUT2D eigenvalue weighted by Gasteiger charge is 1.97. The van der Waals surface area contributed by atoms with Crippen molar-refractivity contribution in [3.05, 3.63) is 29.8 Å². The number of nitrogens with one attached hydrogen (secondary N) is 1. The molecule has 1 aromatic rings. The minimum Gasteiger partial charge on any atom is -0.351 e. The predicted molar refractivity (Wildman–Crippen MR) is 63.9 cm³/mol. The van der Waals surface area contributed by atoms with Gasteiger partial charge in [-0.05, 0) is 24.0 Å². The van der Waals surface area contributed by atoms with Crippen LogP contribution in [0.25, 0.3) is 0 Å². The molecule has 0 saturated heterocycles. The molecule has 0 aliphatic heterocycles. The Bertz CT molecular complexity index is 297. The van der Waals surface area contributed by atoms with Crippen LogP contribution in [0.2, 0.25) is 0 Å². The molecule has 0 heterocycles. The molecule has 0 saturated carbocycles. The zero-order chi connectivity index (χ0) is 10.4. The van der Waals surface area contributed by atoms with E-state index in [1.807, 2.05) is 30.5 Å².